The van der Waals surface area contributed by atoms with Gasteiger partial charge in [0.05, 0.1) is 17.0 Å². The van der Waals surface area contributed by atoms with Crippen LogP contribution in [0.15, 0.2) is 46.2 Å². The van der Waals surface area contributed by atoms with Crippen LogP contribution in [-0.2, 0) is 11.2 Å². The fraction of sp³-hybridized carbons (Fsp3) is 0.480. The molecule has 0 aliphatic heterocycles. The number of alkyl carbamates (subject to hydrolysis) is 1. The molecule has 0 fully saturated rings. The number of carbonyl (C=O) groups is 1. The van der Waals surface area contributed by atoms with Crippen LogP contribution in [0.4, 0.5) is 4.79 Å². The van der Waals surface area contributed by atoms with Gasteiger partial charge in [0.1, 0.15) is 5.60 Å². The Labute approximate surface area is 205 Å². The molecule has 2 aromatic rings. The maximum atomic E-state index is 12.4. The van der Waals surface area contributed by atoms with Gasteiger partial charge in [-0.25, -0.2) is 10.1 Å². The van der Waals surface area contributed by atoms with Gasteiger partial charge in [0.25, 0.3) is 0 Å². The van der Waals surface area contributed by atoms with Gasteiger partial charge in [0.15, 0.2) is 5.75 Å². The highest BCUT2D eigenvalue weighted by atomic mass is 35.5. The lowest BCUT2D eigenvalue weighted by Crippen LogP contribution is -2.53. The summed E-state index contributed by atoms with van der Waals surface area (Å²) in [5, 5.41) is 22.8. The molecule has 0 spiro atoms. The molecule has 3 N–H and O–H groups in total. The Balaban J connectivity index is 2.14. The summed E-state index contributed by atoms with van der Waals surface area (Å²) < 4.78 is 5.40. The summed E-state index contributed by atoms with van der Waals surface area (Å²) in [6.07, 6.45) is 1.97. The molecule has 0 saturated heterocycles. The van der Waals surface area contributed by atoms with Crippen LogP contribution >= 0.6 is 23.4 Å². The maximum Gasteiger partial charge on any atom is 0.408 e. The second-order valence-corrected chi connectivity index (χ2v) is 10.7. The number of aliphatic hydroxyl groups excluding tert-OH is 1. The third-order valence-electron chi connectivity index (χ3n) is 5.12. The third-order valence-corrected chi connectivity index (χ3v) is 6.50. The lowest BCUT2D eigenvalue weighted by molar-refractivity contribution is -0.140. The molecule has 0 heterocycles. The number of aliphatic hydroxyl groups is 1. The molecule has 2 aromatic carbocycles. The molecule has 8 heteroatoms. The molecule has 33 heavy (non-hydrogen) atoms. The molecular formula is C25H34ClNO5S. The Kier molecular flexibility index (Phi) is 9.91. The fourth-order valence-corrected chi connectivity index (χ4v) is 4.87. The van der Waals surface area contributed by atoms with E-state index in [1.807, 2.05) is 44.2 Å². The van der Waals surface area contributed by atoms with Gasteiger partial charge in [-0.3, -0.25) is 0 Å². The van der Waals surface area contributed by atoms with E-state index in [0.29, 0.717) is 30.0 Å². The second-order valence-electron chi connectivity index (χ2n) is 9.21. The minimum Gasteiger partial charge on any atom is -0.444 e. The summed E-state index contributed by atoms with van der Waals surface area (Å²) in [5.41, 5.74) is 0.563. The predicted molar refractivity (Wildman–Crippen MR) is 132 cm³/mol. The lowest BCUT2D eigenvalue weighted by Gasteiger charge is -2.34. The number of hydrogen-bond acceptors (Lipinski definition) is 6. The first-order chi connectivity index (χ1) is 15.5. The quantitative estimate of drug-likeness (QED) is 0.253. The lowest BCUT2D eigenvalue weighted by atomic mass is 9.87. The zero-order valence-electron chi connectivity index (χ0n) is 19.9. The minimum atomic E-state index is -0.789. The van der Waals surface area contributed by atoms with E-state index in [1.54, 1.807) is 26.8 Å². The van der Waals surface area contributed by atoms with Crippen molar-refractivity contribution in [3.63, 3.8) is 0 Å². The summed E-state index contributed by atoms with van der Waals surface area (Å²) >= 11 is 8.02. The van der Waals surface area contributed by atoms with Crippen molar-refractivity contribution in [1.29, 1.82) is 0 Å². The Morgan fingerprint density at radius 3 is 2.45 bits per heavy atom. The molecule has 1 amide bonds. The zero-order chi connectivity index (χ0) is 24.6. The van der Waals surface area contributed by atoms with Crippen molar-refractivity contribution in [2.24, 2.45) is 0 Å². The highest BCUT2D eigenvalue weighted by Crippen LogP contribution is 2.37. The van der Waals surface area contributed by atoms with Gasteiger partial charge in [-0.15, -0.1) is 0 Å². The van der Waals surface area contributed by atoms with E-state index in [0.717, 1.165) is 27.3 Å². The van der Waals surface area contributed by atoms with Crippen molar-refractivity contribution >= 4 is 29.5 Å². The second kappa shape index (κ2) is 12.0. The van der Waals surface area contributed by atoms with Gasteiger partial charge in [0, 0.05) is 9.92 Å². The van der Waals surface area contributed by atoms with Gasteiger partial charge >= 0.3 is 6.09 Å². The molecule has 6 nitrogen and oxygen atoms in total. The Hall–Kier alpha value is -1.93. The van der Waals surface area contributed by atoms with E-state index in [9.17, 15) is 9.90 Å². The third kappa shape index (κ3) is 8.41. The first-order valence-electron chi connectivity index (χ1n) is 11.0. The molecule has 0 bridgehead atoms. The molecule has 0 unspecified atom stereocenters. The number of carbonyl (C=O) groups excluding carboxylic acids is 1. The molecule has 0 saturated carbocycles. The summed E-state index contributed by atoms with van der Waals surface area (Å²) in [6.45, 7) is 9.20. The van der Waals surface area contributed by atoms with E-state index in [-0.39, 0.29) is 6.61 Å². The number of ether oxygens (including phenoxy) is 1. The summed E-state index contributed by atoms with van der Waals surface area (Å²) in [4.78, 5) is 18.5. The highest BCUT2D eigenvalue weighted by Gasteiger charge is 2.32. The highest BCUT2D eigenvalue weighted by molar-refractivity contribution is 7.99. The number of hydrogen-bond donors (Lipinski definition) is 3. The molecule has 2 rings (SSSR count). The normalized spacial score (nSPS) is 13.3. The Morgan fingerprint density at radius 1 is 1.15 bits per heavy atom. The number of halogens is 1. The molecule has 0 radical (unpaired) electrons. The molecule has 0 aromatic heterocycles. The van der Waals surface area contributed by atoms with Gasteiger partial charge in [-0.05, 0) is 82.3 Å². The number of rotatable bonds is 10. The molecule has 1 atom stereocenters. The minimum absolute atomic E-state index is 0.192. The Bertz CT molecular complexity index is 947. The van der Waals surface area contributed by atoms with Crippen molar-refractivity contribution in [2.45, 2.75) is 81.2 Å². The molecule has 182 valence electrons. The van der Waals surface area contributed by atoms with Crippen LogP contribution in [0.1, 0.15) is 58.1 Å². The van der Waals surface area contributed by atoms with Crippen molar-refractivity contribution in [2.75, 3.05) is 6.61 Å². The number of aryl methyl sites for hydroxylation is 2. The van der Waals surface area contributed by atoms with Crippen LogP contribution < -0.4 is 10.2 Å². The van der Waals surface area contributed by atoms with Crippen LogP contribution in [0.5, 0.6) is 5.75 Å². The fourth-order valence-electron chi connectivity index (χ4n) is 3.51. The van der Waals surface area contributed by atoms with E-state index in [2.05, 4.69) is 10.2 Å². The largest absolute Gasteiger partial charge is 0.444 e. The first kappa shape index (κ1) is 27.3. The van der Waals surface area contributed by atoms with Crippen molar-refractivity contribution in [3.05, 3.63) is 52.5 Å². The van der Waals surface area contributed by atoms with Gasteiger partial charge in [-0.2, -0.15) is 0 Å². The monoisotopic (exact) mass is 495 g/mol. The Morgan fingerprint density at radius 2 is 1.88 bits per heavy atom. The van der Waals surface area contributed by atoms with Gasteiger partial charge in [0.2, 0.25) is 0 Å². The predicted octanol–water partition coefficient (Wildman–Crippen LogP) is 6.64. The van der Waals surface area contributed by atoms with Crippen LogP contribution in [-0.4, -0.2) is 34.2 Å². The topological polar surface area (TPSA) is 88.0 Å². The van der Waals surface area contributed by atoms with Crippen molar-refractivity contribution in [1.82, 2.24) is 5.32 Å². The summed E-state index contributed by atoms with van der Waals surface area (Å²) in [6, 6.07) is 11.3. The summed E-state index contributed by atoms with van der Waals surface area (Å²) in [5.74, 6) is 0.381. The summed E-state index contributed by atoms with van der Waals surface area (Å²) in [7, 11) is 0. The molecule has 0 aliphatic carbocycles. The average Bonchev–Trinajstić information content (AvgIpc) is 2.72. The smallest absolute Gasteiger partial charge is 0.408 e. The zero-order valence-corrected chi connectivity index (χ0v) is 21.5. The van der Waals surface area contributed by atoms with Crippen LogP contribution in [0.2, 0.25) is 5.02 Å². The van der Waals surface area contributed by atoms with Crippen LogP contribution in [0.25, 0.3) is 0 Å². The van der Waals surface area contributed by atoms with E-state index in [1.165, 1.54) is 11.8 Å². The standard InChI is InChI=1S/C25H34ClNO5S/c1-6-12-25(16-28,27-23(29)31-24(3,4)5)13-11-18-8-9-19(15-20(18)26)33-22-14-17(2)7-10-21(22)32-30/h7-10,14-15,28,30H,6,11-13,16H2,1-5H3,(H,27,29)/t25-/m0/s1. The number of benzene rings is 2. The average molecular weight is 496 g/mol. The van der Waals surface area contributed by atoms with Crippen molar-refractivity contribution < 1.29 is 24.8 Å². The van der Waals surface area contributed by atoms with Crippen LogP contribution in [0, 0.1) is 6.92 Å². The first-order valence-corrected chi connectivity index (χ1v) is 12.2. The van der Waals surface area contributed by atoms with Crippen molar-refractivity contribution in [3.8, 4) is 5.75 Å². The maximum absolute atomic E-state index is 12.4. The number of nitrogens with one attached hydrogen (secondary N) is 1. The van der Waals surface area contributed by atoms with Gasteiger partial charge < -0.3 is 20.0 Å². The molecular weight excluding hydrogens is 462 g/mol. The SMILES string of the molecule is CCC[C@@](CO)(CCc1ccc(Sc2cc(C)ccc2OO)cc1Cl)NC(=O)OC(C)(C)C. The molecule has 0 aliphatic rings. The van der Waals surface area contributed by atoms with E-state index >= 15 is 0 Å². The van der Waals surface area contributed by atoms with E-state index in [4.69, 9.17) is 21.6 Å². The van der Waals surface area contributed by atoms with E-state index < -0.39 is 17.2 Å². The van der Waals surface area contributed by atoms with Crippen LogP contribution in [0.3, 0.4) is 0 Å². The number of amides is 1. The van der Waals surface area contributed by atoms with Gasteiger partial charge in [-0.1, -0.05) is 48.8 Å².